The van der Waals surface area contributed by atoms with Gasteiger partial charge in [0.1, 0.15) is 0 Å². The summed E-state index contributed by atoms with van der Waals surface area (Å²) < 4.78 is 38.7. The minimum absolute atomic E-state index is 0.182. The number of hydrogen-bond acceptors (Lipinski definition) is 4. The summed E-state index contributed by atoms with van der Waals surface area (Å²) in [6, 6.07) is 0. The Hall–Kier alpha value is -0.690. The van der Waals surface area contributed by atoms with Gasteiger partial charge in [0, 0.05) is 6.92 Å². The fourth-order valence-electron chi connectivity index (χ4n) is 0.360. The third kappa shape index (κ3) is 52.8. The summed E-state index contributed by atoms with van der Waals surface area (Å²) in [5.41, 5.74) is 0. The molecule has 13 heavy (non-hydrogen) atoms. The van der Waals surface area contributed by atoms with E-state index in [0.717, 1.165) is 12.8 Å². The van der Waals surface area contributed by atoms with E-state index in [1.165, 1.54) is 6.92 Å². The molecule has 0 radical (unpaired) electrons. The number of carbonyl (C=O) groups excluding carboxylic acids is 1. The van der Waals surface area contributed by atoms with Crippen LogP contribution in [0.5, 0.6) is 0 Å². The molecule has 1 N–H and O–H groups in total. The van der Waals surface area contributed by atoms with Crippen LogP contribution in [0.3, 0.4) is 0 Å². The standard InChI is InChI=1S/C6H12O2.FHO3S/c1-3-4-5-8-6(2)7;1-5(2,3)4/h3-5H2,1-2H3;(H,2,3,4). The topological polar surface area (TPSA) is 80.7 Å². The number of halogens is 1. The molecule has 0 heterocycles. The lowest BCUT2D eigenvalue weighted by atomic mass is 10.4. The van der Waals surface area contributed by atoms with Gasteiger partial charge in [0.2, 0.25) is 0 Å². The fraction of sp³-hybridized carbons (Fsp3) is 0.833. The van der Waals surface area contributed by atoms with E-state index in [1.807, 2.05) is 0 Å². The molecule has 0 atom stereocenters. The van der Waals surface area contributed by atoms with Gasteiger partial charge in [-0.1, -0.05) is 17.2 Å². The Morgan fingerprint density at radius 3 is 2.15 bits per heavy atom. The molecule has 7 heteroatoms. The highest BCUT2D eigenvalue weighted by molar-refractivity contribution is 7.80. The number of carbonyl (C=O) groups is 1. The molecule has 0 aromatic heterocycles. The first kappa shape index (κ1) is 14.8. The molecule has 0 aromatic carbocycles. The van der Waals surface area contributed by atoms with Crippen molar-refractivity contribution in [3.05, 3.63) is 0 Å². The normalized spacial score (nSPS) is 9.85. The average Bonchev–Trinajstić information content (AvgIpc) is 1.83. The zero-order valence-electron chi connectivity index (χ0n) is 7.49. The predicted octanol–water partition coefficient (Wildman–Crippen LogP) is 1.11. The molecule has 0 unspecified atom stereocenters. The SMILES string of the molecule is CCCCOC(C)=O.O=S(=O)(O)F. The van der Waals surface area contributed by atoms with E-state index < -0.39 is 10.5 Å². The van der Waals surface area contributed by atoms with Crippen LogP contribution in [0.1, 0.15) is 26.7 Å². The molecule has 0 fully saturated rings. The van der Waals surface area contributed by atoms with Crippen molar-refractivity contribution < 1.29 is 26.4 Å². The van der Waals surface area contributed by atoms with Crippen LogP contribution in [0, 0.1) is 0 Å². The molecule has 0 spiro atoms. The Morgan fingerprint density at radius 2 is 1.92 bits per heavy atom. The van der Waals surface area contributed by atoms with Crippen molar-refractivity contribution in [2.24, 2.45) is 0 Å². The lowest BCUT2D eigenvalue weighted by Gasteiger charge is -1.96. The van der Waals surface area contributed by atoms with Crippen molar-refractivity contribution in [1.82, 2.24) is 0 Å². The van der Waals surface area contributed by atoms with Crippen LogP contribution in [0.15, 0.2) is 0 Å². The van der Waals surface area contributed by atoms with Gasteiger partial charge >= 0.3 is 16.5 Å². The zero-order valence-corrected chi connectivity index (χ0v) is 8.30. The summed E-state index contributed by atoms with van der Waals surface area (Å²) in [5, 5.41) is 0. The Morgan fingerprint density at radius 1 is 1.54 bits per heavy atom. The lowest BCUT2D eigenvalue weighted by molar-refractivity contribution is -0.141. The molecule has 0 rings (SSSR count). The molecule has 0 aliphatic carbocycles. The fourth-order valence-corrected chi connectivity index (χ4v) is 0.360. The van der Waals surface area contributed by atoms with E-state index in [-0.39, 0.29) is 5.97 Å². The lowest BCUT2D eigenvalue weighted by Crippen LogP contribution is -1.99. The summed E-state index contributed by atoms with van der Waals surface area (Å²) in [5.74, 6) is -0.182. The van der Waals surface area contributed by atoms with Crippen molar-refractivity contribution in [3.8, 4) is 0 Å². The largest absolute Gasteiger partial charge is 0.466 e. The van der Waals surface area contributed by atoms with Crippen LogP contribution >= 0.6 is 0 Å². The van der Waals surface area contributed by atoms with E-state index in [0.29, 0.717) is 6.61 Å². The molecule has 0 saturated carbocycles. The van der Waals surface area contributed by atoms with Crippen LogP contribution in [0.2, 0.25) is 0 Å². The third-order valence-corrected chi connectivity index (χ3v) is 0.803. The van der Waals surface area contributed by atoms with Crippen molar-refractivity contribution in [2.75, 3.05) is 6.61 Å². The minimum atomic E-state index is -5.17. The van der Waals surface area contributed by atoms with Gasteiger partial charge in [-0.05, 0) is 6.42 Å². The van der Waals surface area contributed by atoms with Crippen LogP contribution in [-0.2, 0) is 20.0 Å². The van der Waals surface area contributed by atoms with Crippen molar-refractivity contribution in [2.45, 2.75) is 26.7 Å². The maximum absolute atomic E-state index is 10.2. The smallest absolute Gasteiger partial charge is 0.435 e. The van der Waals surface area contributed by atoms with Gasteiger partial charge in [0.05, 0.1) is 6.61 Å². The monoisotopic (exact) mass is 216 g/mol. The maximum atomic E-state index is 10.2. The molecule has 80 valence electrons. The minimum Gasteiger partial charge on any atom is -0.466 e. The first-order valence-corrected chi connectivity index (χ1v) is 4.91. The van der Waals surface area contributed by atoms with Crippen LogP contribution in [-0.4, -0.2) is 25.5 Å². The van der Waals surface area contributed by atoms with Gasteiger partial charge < -0.3 is 4.74 Å². The summed E-state index contributed by atoms with van der Waals surface area (Å²) in [7, 11) is -5.17. The van der Waals surface area contributed by atoms with Gasteiger partial charge in [0.15, 0.2) is 0 Å². The van der Waals surface area contributed by atoms with Crippen LogP contribution < -0.4 is 0 Å². The molecule has 0 saturated heterocycles. The zero-order chi connectivity index (χ0) is 10.9. The average molecular weight is 216 g/mol. The Labute approximate surface area is 76.9 Å². The third-order valence-electron chi connectivity index (χ3n) is 0.803. The van der Waals surface area contributed by atoms with Gasteiger partial charge in [0.25, 0.3) is 0 Å². The number of esters is 1. The summed E-state index contributed by atoms with van der Waals surface area (Å²) in [4.78, 5) is 10.1. The number of unbranched alkanes of at least 4 members (excludes halogenated alkanes) is 1. The molecule has 5 nitrogen and oxygen atoms in total. The highest BCUT2D eigenvalue weighted by atomic mass is 32.3. The predicted molar refractivity (Wildman–Crippen MR) is 44.2 cm³/mol. The van der Waals surface area contributed by atoms with Crippen molar-refractivity contribution >= 4 is 16.5 Å². The highest BCUT2D eigenvalue weighted by Crippen LogP contribution is 1.86. The van der Waals surface area contributed by atoms with E-state index >= 15 is 0 Å². The highest BCUT2D eigenvalue weighted by Gasteiger charge is 1.89. The maximum Gasteiger partial charge on any atom is 0.435 e. The molecule has 0 aliphatic heterocycles. The Bertz CT molecular complexity index is 215. The van der Waals surface area contributed by atoms with Gasteiger partial charge in [-0.15, -0.1) is 0 Å². The molecule has 0 bridgehead atoms. The van der Waals surface area contributed by atoms with E-state index in [2.05, 4.69) is 11.7 Å². The molecule has 0 amide bonds. The van der Waals surface area contributed by atoms with Gasteiger partial charge in [-0.25, -0.2) is 0 Å². The van der Waals surface area contributed by atoms with Crippen molar-refractivity contribution in [1.29, 1.82) is 0 Å². The molecular weight excluding hydrogens is 203 g/mol. The van der Waals surface area contributed by atoms with Crippen molar-refractivity contribution in [3.63, 3.8) is 0 Å². The second-order valence-electron chi connectivity index (χ2n) is 2.11. The second-order valence-corrected chi connectivity index (χ2v) is 2.93. The first-order chi connectivity index (χ1) is 5.77. The Balaban J connectivity index is 0. The quantitative estimate of drug-likeness (QED) is 0.331. The van der Waals surface area contributed by atoms with Gasteiger partial charge in [-0.2, -0.15) is 8.42 Å². The molecule has 0 aromatic rings. The number of rotatable bonds is 3. The Kier molecular flexibility index (Phi) is 9.04. The number of ether oxygens (including phenoxy) is 1. The molecular formula is C6H13FO5S. The van der Waals surface area contributed by atoms with Gasteiger partial charge in [-0.3, -0.25) is 9.35 Å². The van der Waals surface area contributed by atoms with E-state index in [1.54, 1.807) is 0 Å². The number of hydrogen-bond donors (Lipinski definition) is 1. The molecule has 0 aliphatic rings. The van der Waals surface area contributed by atoms with E-state index in [9.17, 15) is 8.68 Å². The summed E-state index contributed by atoms with van der Waals surface area (Å²) in [6.45, 7) is 4.06. The van der Waals surface area contributed by atoms with Crippen LogP contribution in [0.25, 0.3) is 0 Å². The summed E-state index contributed by atoms with van der Waals surface area (Å²) >= 11 is 0. The second kappa shape index (κ2) is 7.93. The first-order valence-electron chi connectivity index (χ1n) is 3.57. The summed E-state index contributed by atoms with van der Waals surface area (Å²) in [6.07, 6.45) is 2.05. The van der Waals surface area contributed by atoms with Crippen LogP contribution in [0.4, 0.5) is 3.89 Å². The van der Waals surface area contributed by atoms with E-state index in [4.69, 9.17) is 13.0 Å².